The molecule has 1 rings (SSSR count). The molecule has 0 radical (unpaired) electrons. The van der Waals surface area contributed by atoms with Crippen molar-refractivity contribution < 1.29 is 8.42 Å². The highest BCUT2D eigenvalue weighted by atomic mass is 32.2. The number of sulfone groups is 1. The van der Waals surface area contributed by atoms with Gasteiger partial charge in [0.15, 0.2) is 0 Å². The van der Waals surface area contributed by atoms with E-state index >= 15 is 0 Å². The summed E-state index contributed by atoms with van der Waals surface area (Å²) < 4.78 is 22.5. The van der Waals surface area contributed by atoms with E-state index in [1.165, 1.54) is 5.56 Å². The van der Waals surface area contributed by atoms with Crippen LogP contribution in [0.3, 0.4) is 0 Å². The lowest BCUT2D eigenvalue weighted by Gasteiger charge is -2.05. The number of nitrogens with one attached hydrogen (secondary N) is 1. The Kier molecular flexibility index (Phi) is 6.22. The molecular formula is C13H21NO2S. The van der Waals surface area contributed by atoms with Crippen LogP contribution in [0.1, 0.15) is 18.9 Å². The van der Waals surface area contributed by atoms with Gasteiger partial charge in [-0.2, -0.15) is 0 Å². The fourth-order valence-corrected chi connectivity index (χ4v) is 2.44. The summed E-state index contributed by atoms with van der Waals surface area (Å²) in [7, 11) is -2.80. The molecule has 0 aliphatic rings. The van der Waals surface area contributed by atoms with Crippen molar-refractivity contribution in [1.29, 1.82) is 0 Å². The molecule has 1 aromatic rings. The molecule has 0 aliphatic heterocycles. The van der Waals surface area contributed by atoms with Crippen molar-refractivity contribution in [2.75, 3.05) is 24.6 Å². The van der Waals surface area contributed by atoms with E-state index in [-0.39, 0.29) is 5.75 Å². The van der Waals surface area contributed by atoms with Crippen molar-refractivity contribution in [3.05, 3.63) is 35.9 Å². The quantitative estimate of drug-likeness (QED) is 0.718. The Morgan fingerprint density at radius 2 is 1.82 bits per heavy atom. The van der Waals surface area contributed by atoms with E-state index in [0.717, 1.165) is 19.5 Å². The monoisotopic (exact) mass is 255 g/mol. The first-order valence-corrected chi connectivity index (χ1v) is 7.91. The van der Waals surface area contributed by atoms with E-state index < -0.39 is 9.84 Å². The van der Waals surface area contributed by atoms with Gasteiger partial charge in [-0.15, -0.1) is 0 Å². The van der Waals surface area contributed by atoms with E-state index in [4.69, 9.17) is 0 Å². The lowest BCUT2D eigenvalue weighted by molar-refractivity contribution is 0.590. The summed E-state index contributed by atoms with van der Waals surface area (Å²) >= 11 is 0. The van der Waals surface area contributed by atoms with Gasteiger partial charge in [-0.25, -0.2) is 8.42 Å². The molecule has 0 bridgehead atoms. The second kappa shape index (κ2) is 7.45. The number of benzene rings is 1. The molecule has 0 fully saturated rings. The van der Waals surface area contributed by atoms with Gasteiger partial charge in [-0.05, 0) is 31.5 Å². The van der Waals surface area contributed by atoms with Crippen molar-refractivity contribution in [2.45, 2.75) is 19.8 Å². The highest BCUT2D eigenvalue weighted by Crippen LogP contribution is 1.98. The zero-order valence-electron chi connectivity index (χ0n) is 10.4. The summed E-state index contributed by atoms with van der Waals surface area (Å²) in [6, 6.07) is 10.3. The van der Waals surface area contributed by atoms with E-state index in [9.17, 15) is 8.42 Å². The normalized spacial score (nSPS) is 11.6. The highest BCUT2D eigenvalue weighted by Gasteiger charge is 2.05. The summed E-state index contributed by atoms with van der Waals surface area (Å²) in [4.78, 5) is 0. The number of hydrogen-bond acceptors (Lipinski definition) is 3. The predicted molar refractivity (Wildman–Crippen MR) is 72.0 cm³/mol. The van der Waals surface area contributed by atoms with Crippen LogP contribution in [0, 0.1) is 0 Å². The standard InChI is InChI=1S/C13H21NO2S/c1-2-17(15,16)12-6-10-14-11-9-13-7-4-3-5-8-13/h3-5,7-8,14H,2,6,9-12H2,1H3. The maximum absolute atomic E-state index is 11.2. The van der Waals surface area contributed by atoms with E-state index in [1.807, 2.05) is 18.2 Å². The third-order valence-corrected chi connectivity index (χ3v) is 4.47. The molecule has 0 aromatic heterocycles. The van der Waals surface area contributed by atoms with Crippen LogP contribution < -0.4 is 5.32 Å². The first kappa shape index (κ1) is 14.2. The maximum Gasteiger partial charge on any atom is 0.150 e. The zero-order valence-corrected chi connectivity index (χ0v) is 11.2. The molecule has 1 N–H and O–H groups in total. The van der Waals surface area contributed by atoms with Gasteiger partial charge >= 0.3 is 0 Å². The number of rotatable bonds is 8. The molecule has 0 spiro atoms. The van der Waals surface area contributed by atoms with Crippen molar-refractivity contribution in [3.8, 4) is 0 Å². The minimum atomic E-state index is -2.80. The second-order valence-corrected chi connectivity index (χ2v) is 6.55. The second-order valence-electron chi connectivity index (χ2n) is 4.08. The first-order valence-electron chi connectivity index (χ1n) is 6.09. The Hall–Kier alpha value is -0.870. The maximum atomic E-state index is 11.2. The van der Waals surface area contributed by atoms with E-state index in [1.54, 1.807) is 6.92 Å². The molecule has 4 heteroatoms. The smallest absolute Gasteiger partial charge is 0.150 e. The number of hydrogen-bond donors (Lipinski definition) is 1. The molecule has 3 nitrogen and oxygen atoms in total. The average Bonchev–Trinajstić information content (AvgIpc) is 2.35. The van der Waals surface area contributed by atoms with E-state index in [2.05, 4.69) is 17.4 Å². The first-order chi connectivity index (χ1) is 8.14. The van der Waals surface area contributed by atoms with Crippen LogP contribution in [0.5, 0.6) is 0 Å². The van der Waals surface area contributed by atoms with Crippen LogP contribution in [0.15, 0.2) is 30.3 Å². The molecule has 17 heavy (non-hydrogen) atoms. The van der Waals surface area contributed by atoms with Gasteiger partial charge in [0.05, 0.1) is 5.75 Å². The van der Waals surface area contributed by atoms with Crippen LogP contribution in [-0.2, 0) is 16.3 Å². The molecule has 0 atom stereocenters. The predicted octanol–water partition coefficient (Wildman–Crippen LogP) is 1.64. The van der Waals surface area contributed by atoms with Gasteiger partial charge in [-0.1, -0.05) is 37.3 Å². The fourth-order valence-electron chi connectivity index (χ4n) is 1.56. The Morgan fingerprint density at radius 1 is 1.12 bits per heavy atom. The SMILES string of the molecule is CCS(=O)(=O)CCCNCCc1ccccc1. The summed E-state index contributed by atoms with van der Waals surface area (Å²) in [5.41, 5.74) is 1.31. The third kappa shape index (κ3) is 6.44. The van der Waals surface area contributed by atoms with Crippen molar-refractivity contribution >= 4 is 9.84 Å². The lowest BCUT2D eigenvalue weighted by Crippen LogP contribution is -2.21. The summed E-state index contributed by atoms with van der Waals surface area (Å²) in [6.45, 7) is 3.36. The molecule has 1 aromatic carbocycles. The average molecular weight is 255 g/mol. The molecule has 0 saturated heterocycles. The molecular weight excluding hydrogens is 234 g/mol. The van der Waals surface area contributed by atoms with Gasteiger partial charge in [0.25, 0.3) is 0 Å². The molecule has 96 valence electrons. The zero-order chi connectivity index (χ0) is 12.6. The fraction of sp³-hybridized carbons (Fsp3) is 0.538. The van der Waals surface area contributed by atoms with Crippen molar-refractivity contribution in [1.82, 2.24) is 5.32 Å². The van der Waals surface area contributed by atoms with Crippen LogP contribution in [0.25, 0.3) is 0 Å². The topological polar surface area (TPSA) is 46.2 Å². The van der Waals surface area contributed by atoms with Crippen LogP contribution in [-0.4, -0.2) is 33.0 Å². The van der Waals surface area contributed by atoms with Crippen LogP contribution in [0.2, 0.25) is 0 Å². The highest BCUT2D eigenvalue weighted by molar-refractivity contribution is 7.91. The molecule has 0 saturated carbocycles. The molecule has 0 unspecified atom stereocenters. The Labute approximate surface area is 104 Å². The summed E-state index contributed by atoms with van der Waals surface area (Å²) in [5, 5.41) is 3.27. The van der Waals surface area contributed by atoms with Gasteiger partial charge in [0, 0.05) is 5.75 Å². The lowest BCUT2D eigenvalue weighted by atomic mass is 10.1. The summed E-state index contributed by atoms with van der Waals surface area (Å²) in [6.07, 6.45) is 1.69. The third-order valence-electron chi connectivity index (χ3n) is 2.68. The molecule has 0 aliphatic carbocycles. The van der Waals surface area contributed by atoms with Gasteiger partial charge < -0.3 is 5.32 Å². The van der Waals surface area contributed by atoms with Crippen molar-refractivity contribution in [3.63, 3.8) is 0 Å². The van der Waals surface area contributed by atoms with Crippen LogP contribution in [0.4, 0.5) is 0 Å². The largest absolute Gasteiger partial charge is 0.316 e. The minimum Gasteiger partial charge on any atom is -0.316 e. The van der Waals surface area contributed by atoms with Gasteiger partial charge in [0.2, 0.25) is 0 Å². The Balaban J connectivity index is 2.06. The van der Waals surface area contributed by atoms with Gasteiger partial charge in [-0.3, -0.25) is 0 Å². The van der Waals surface area contributed by atoms with Crippen LogP contribution >= 0.6 is 0 Å². The van der Waals surface area contributed by atoms with E-state index in [0.29, 0.717) is 12.2 Å². The van der Waals surface area contributed by atoms with Gasteiger partial charge in [0.1, 0.15) is 9.84 Å². The summed E-state index contributed by atoms with van der Waals surface area (Å²) in [5.74, 6) is 0.541. The Bertz CT molecular complexity index is 401. The Morgan fingerprint density at radius 3 is 2.47 bits per heavy atom. The minimum absolute atomic E-state index is 0.247. The molecule has 0 heterocycles. The molecule has 0 amide bonds. The van der Waals surface area contributed by atoms with Crippen molar-refractivity contribution in [2.24, 2.45) is 0 Å².